The van der Waals surface area contributed by atoms with Crippen molar-refractivity contribution in [3.63, 3.8) is 0 Å². The summed E-state index contributed by atoms with van der Waals surface area (Å²) in [7, 11) is 0. The van der Waals surface area contributed by atoms with Crippen molar-refractivity contribution in [2.45, 2.75) is 6.04 Å². The van der Waals surface area contributed by atoms with Gasteiger partial charge in [-0.25, -0.2) is 4.79 Å². The maximum absolute atomic E-state index is 12.8. The van der Waals surface area contributed by atoms with Gasteiger partial charge in [-0.15, -0.1) is 0 Å². The van der Waals surface area contributed by atoms with E-state index in [9.17, 15) is 19.7 Å². The number of benzene rings is 2. The highest BCUT2D eigenvalue weighted by Gasteiger charge is 2.37. The van der Waals surface area contributed by atoms with Crippen LogP contribution in [0.3, 0.4) is 0 Å². The molecule has 0 aromatic heterocycles. The van der Waals surface area contributed by atoms with Crippen molar-refractivity contribution in [2.75, 3.05) is 5.32 Å². The Balaban J connectivity index is 1.87. The number of hydrogen-bond acceptors (Lipinski definition) is 4. The van der Waals surface area contributed by atoms with Crippen LogP contribution >= 0.6 is 0 Å². The molecule has 0 spiro atoms. The standard InChI is InChI=1S/C18H16N4O4/c1-11-15(16(21-18(24)19-11)12-6-3-2-4-7-12)17(23)20-13-8-5-9-14(10-13)22(25)26/h2-10,15-16H,1H2,(H,20,23)(H2,19,21,24)/t15-,16+/m1/s1. The highest BCUT2D eigenvalue weighted by atomic mass is 16.6. The van der Waals surface area contributed by atoms with Gasteiger partial charge in [-0.05, 0) is 11.6 Å². The summed E-state index contributed by atoms with van der Waals surface area (Å²) in [4.78, 5) is 35.0. The second-order valence-corrected chi connectivity index (χ2v) is 5.79. The van der Waals surface area contributed by atoms with E-state index < -0.39 is 28.8 Å². The third-order valence-corrected chi connectivity index (χ3v) is 4.04. The summed E-state index contributed by atoms with van der Waals surface area (Å²) in [5, 5.41) is 18.8. The maximum Gasteiger partial charge on any atom is 0.319 e. The number of carbonyl (C=O) groups excluding carboxylic acids is 2. The normalized spacial score (nSPS) is 19.2. The predicted octanol–water partition coefficient (Wildman–Crippen LogP) is 2.72. The van der Waals surface area contributed by atoms with Gasteiger partial charge in [-0.1, -0.05) is 43.0 Å². The first-order chi connectivity index (χ1) is 12.5. The van der Waals surface area contributed by atoms with Crippen molar-refractivity contribution < 1.29 is 14.5 Å². The monoisotopic (exact) mass is 352 g/mol. The molecule has 2 aromatic rings. The minimum absolute atomic E-state index is 0.128. The van der Waals surface area contributed by atoms with Gasteiger partial charge in [0.1, 0.15) is 5.92 Å². The van der Waals surface area contributed by atoms with Crippen LogP contribution < -0.4 is 16.0 Å². The number of carbonyl (C=O) groups is 2. The van der Waals surface area contributed by atoms with Gasteiger partial charge in [0, 0.05) is 23.5 Å². The molecule has 1 fully saturated rings. The van der Waals surface area contributed by atoms with E-state index in [-0.39, 0.29) is 11.4 Å². The maximum atomic E-state index is 12.8. The Hall–Kier alpha value is -3.68. The smallest absolute Gasteiger partial charge is 0.319 e. The Kier molecular flexibility index (Phi) is 4.66. The Labute approximate surface area is 149 Å². The minimum Gasteiger partial charge on any atom is -0.330 e. The second kappa shape index (κ2) is 7.06. The number of rotatable bonds is 4. The van der Waals surface area contributed by atoms with E-state index in [4.69, 9.17) is 0 Å². The first-order valence-electron chi connectivity index (χ1n) is 7.82. The average molecular weight is 352 g/mol. The Bertz CT molecular complexity index is 882. The number of nitro benzene ring substituents is 1. The Morgan fingerprint density at radius 3 is 2.58 bits per heavy atom. The van der Waals surface area contributed by atoms with E-state index in [1.807, 2.05) is 18.2 Å². The molecule has 0 aliphatic carbocycles. The molecule has 0 saturated carbocycles. The molecule has 0 radical (unpaired) electrons. The minimum atomic E-state index is -0.783. The molecule has 3 amide bonds. The van der Waals surface area contributed by atoms with Crippen LogP contribution in [0.4, 0.5) is 16.2 Å². The first-order valence-corrected chi connectivity index (χ1v) is 7.82. The van der Waals surface area contributed by atoms with Crippen molar-refractivity contribution in [3.8, 4) is 0 Å². The van der Waals surface area contributed by atoms with Crippen molar-refractivity contribution in [1.82, 2.24) is 10.6 Å². The van der Waals surface area contributed by atoms with E-state index in [1.54, 1.807) is 18.2 Å². The van der Waals surface area contributed by atoms with Crippen LogP contribution in [0.1, 0.15) is 11.6 Å². The fourth-order valence-electron chi connectivity index (χ4n) is 2.85. The molecule has 132 valence electrons. The zero-order chi connectivity index (χ0) is 18.7. The van der Waals surface area contributed by atoms with Crippen molar-refractivity contribution in [3.05, 3.63) is 82.6 Å². The van der Waals surface area contributed by atoms with Crippen molar-refractivity contribution >= 4 is 23.3 Å². The highest BCUT2D eigenvalue weighted by Crippen LogP contribution is 2.30. The lowest BCUT2D eigenvalue weighted by Crippen LogP contribution is -2.51. The Morgan fingerprint density at radius 1 is 1.15 bits per heavy atom. The summed E-state index contributed by atoms with van der Waals surface area (Å²) < 4.78 is 0. The number of urea groups is 1. The van der Waals surface area contributed by atoms with Gasteiger partial charge in [-0.3, -0.25) is 14.9 Å². The first kappa shape index (κ1) is 17.2. The largest absolute Gasteiger partial charge is 0.330 e. The molecule has 3 N–H and O–H groups in total. The summed E-state index contributed by atoms with van der Waals surface area (Å²) in [6, 6.07) is 13.7. The molecule has 3 rings (SSSR count). The van der Waals surface area contributed by atoms with Gasteiger partial charge in [0.15, 0.2) is 0 Å². The topological polar surface area (TPSA) is 113 Å². The summed E-state index contributed by atoms with van der Waals surface area (Å²) in [5.41, 5.74) is 1.17. The van der Waals surface area contributed by atoms with Crippen molar-refractivity contribution in [2.24, 2.45) is 5.92 Å². The fourth-order valence-corrected chi connectivity index (χ4v) is 2.85. The molecule has 1 aliphatic rings. The van der Waals surface area contributed by atoms with Gasteiger partial charge in [-0.2, -0.15) is 0 Å². The Morgan fingerprint density at radius 2 is 1.88 bits per heavy atom. The molecule has 0 bridgehead atoms. The molecule has 1 saturated heterocycles. The molecule has 8 nitrogen and oxygen atoms in total. The summed E-state index contributed by atoms with van der Waals surface area (Å²) in [5.74, 6) is -1.22. The molecule has 1 heterocycles. The van der Waals surface area contributed by atoms with Crippen LogP contribution in [0.2, 0.25) is 0 Å². The lowest BCUT2D eigenvalue weighted by Gasteiger charge is -2.33. The summed E-state index contributed by atoms with van der Waals surface area (Å²) in [6.07, 6.45) is 0. The number of non-ortho nitro benzene ring substituents is 1. The third-order valence-electron chi connectivity index (χ3n) is 4.04. The molecule has 0 unspecified atom stereocenters. The molecular formula is C18H16N4O4. The van der Waals surface area contributed by atoms with Gasteiger partial charge < -0.3 is 16.0 Å². The molecule has 1 aliphatic heterocycles. The number of nitro groups is 1. The van der Waals surface area contributed by atoms with Gasteiger partial charge in [0.25, 0.3) is 5.69 Å². The number of nitrogens with zero attached hydrogens (tertiary/aromatic N) is 1. The van der Waals surface area contributed by atoms with E-state index in [0.717, 1.165) is 5.56 Å². The number of hydrogen-bond donors (Lipinski definition) is 3. The second-order valence-electron chi connectivity index (χ2n) is 5.79. The molecular weight excluding hydrogens is 336 g/mol. The van der Waals surface area contributed by atoms with Gasteiger partial charge in [0.2, 0.25) is 5.91 Å². The number of anilines is 1. The van der Waals surface area contributed by atoms with Crippen LogP contribution in [0.15, 0.2) is 66.9 Å². The SMILES string of the molecule is C=C1NC(=O)N[C@@H](c2ccccc2)[C@@H]1C(=O)Nc1cccc([N+](=O)[O-])c1. The quantitative estimate of drug-likeness (QED) is 0.580. The number of nitrogens with one attached hydrogen (secondary N) is 3. The van der Waals surface area contributed by atoms with Crippen LogP contribution in [-0.4, -0.2) is 16.9 Å². The van der Waals surface area contributed by atoms with Gasteiger partial charge in [0.05, 0.1) is 11.0 Å². The molecule has 8 heteroatoms. The molecule has 2 atom stereocenters. The van der Waals surface area contributed by atoms with Crippen molar-refractivity contribution in [1.29, 1.82) is 0 Å². The predicted molar refractivity (Wildman–Crippen MR) is 95.2 cm³/mol. The summed E-state index contributed by atoms with van der Waals surface area (Å²) in [6.45, 7) is 3.79. The van der Waals surface area contributed by atoms with Gasteiger partial charge >= 0.3 is 6.03 Å². The van der Waals surface area contributed by atoms with E-state index in [2.05, 4.69) is 22.5 Å². The van der Waals surface area contributed by atoms with Crippen LogP contribution in [-0.2, 0) is 4.79 Å². The third kappa shape index (κ3) is 3.54. The highest BCUT2D eigenvalue weighted by molar-refractivity contribution is 5.97. The van der Waals surface area contributed by atoms with E-state index in [0.29, 0.717) is 5.69 Å². The van der Waals surface area contributed by atoms with E-state index in [1.165, 1.54) is 18.2 Å². The number of amides is 3. The molecule has 2 aromatic carbocycles. The van der Waals surface area contributed by atoms with Crippen LogP contribution in [0, 0.1) is 16.0 Å². The zero-order valence-electron chi connectivity index (χ0n) is 13.6. The van der Waals surface area contributed by atoms with E-state index >= 15 is 0 Å². The summed E-state index contributed by atoms with van der Waals surface area (Å²) >= 11 is 0. The average Bonchev–Trinajstić information content (AvgIpc) is 2.61. The van der Waals surface area contributed by atoms with Crippen LogP contribution in [0.25, 0.3) is 0 Å². The van der Waals surface area contributed by atoms with Crippen LogP contribution in [0.5, 0.6) is 0 Å². The fraction of sp³-hybridized carbons (Fsp3) is 0.111. The lowest BCUT2D eigenvalue weighted by atomic mass is 9.88. The zero-order valence-corrected chi connectivity index (χ0v) is 13.6. The molecule has 26 heavy (non-hydrogen) atoms. The lowest BCUT2D eigenvalue weighted by molar-refractivity contribution is -0.384.